The van der Waals surface area contributed by atoms with Crippen LogP contribution in [0.3, 0.4) is 0 Å². The van der Waals surface area contributed by atoms with Gasteiger partial charge in [0.15, 0.2) is 0 Å². The third-order valence-corrected chi connectivity index (χ3v) is 4.96. The minimum Gasteiger partial charge on any atom is -0.490 e. The van der Waals surface area contributed by atoms with E-state index in [0.717, 1.165) is 25.8 Å². The summed E-state index contributed by atoms with van der Waals surface area (Å²) in [5.74, 6) is 0.336. The highest BCUT2D eigenvalue weighted by Gasteiger charge is 2.51. The quantitative estimate of drug-likeness (QED) is 0.819. The maximum Gasteiger partial charge on any atom is 0.128 e. The maximum absolute atomic E-state index is 13.4. The molecular weight excluding hydrogens is 321 g/mol. The van der Waals surface area contributed by atoms with E-state index in [1.807, 2.05) is 6.07 Å². The lowest BCUT2D eigenvalue weighted by molar-refractivity contribution is -0.0702. The Kier molecular flexibility index (Phi) is 5.08. The van der Waals surface area contributed by atoms with E-state index in [9.17, 15) is 4.39 Å². The van der Waals surface area contributed by atoms with Crippen LogP contribution >= 0.6 is 15.9 Å². The van der Waals surface area contributed by atoms with Gasteiger partial charge in [0.1, 0.15) is 17.7 Å². The summed E-state index contributed by atoms with van der Waals surface area (Å²) < 4.78 is 20.1. The van der Waals surface area contributed by atoms with Gasteiger partial charge in [-0.1, -0.05) is 36.7 Å². The van der Waals surface area contributed by atoms with Gasteiger partial charge in [-0.3, -0.25) is 0 Å². The Labute approximate surface area is 129 Å². The SMILES string of the molecule is CCCNC1CC(Oc2cc(F)cc(Br)c2)C1(C)CC. The highest BCUT2D eigenvalue weighted by molar-refractivity contribution is 9.10. The molecule has 1 N–H and O–H groups in total. The van der Waals surface area contributed by atoms with Gasteiger partial charge in [0.25, 0.3) is 0 Å². The molecule has 1 aliphatic rings. The van der Waals surface area contributed by atoms with Crippen LogP contribution in [0.5, 0.6) is 5.75 Å². The molecule has 0 heterocycles. The predicted molar refractivity (Wildman–Crippen MR) is 83.6 cm³/mol. The predicted octanol–water partition coefficient (Wildman–Crippen LogP) is 4.52. The van der Waals surface area contributed by atoms with Crippen LogP contribution in [0.2, 0.25) is 0 Å². The highest BCUT2D eigenvalue weighted by Crippen LogP contribution is 2.46. The van der Waals surface area contributed by atoms with Gasteiger partial charge in [0, 0.05) is 28.4 Å². The van der Waals surface area contributed by atoms with Crippen molar-refractivity contribution >= 4 is 15.9 Å². The fourth-order valence-corrected chi connectivity index (χ4v) is 3.31. The van der Waals surface area contributed by atoms with Crippen LogP contribution < -0.4 is 10.1 Å². The summed E-state index contributed by atoms with van der Waals surface area (Å²) in [5.41, 5.74) is 0.119. The molecule has 0 amide bonds. The Bertz CT molecular complexity index is 448. The van der Waals surface area contributed by atoms with E-state index in [-0.39, 0.29) is 17.3 Å². The molecule has 1 aliphatic carbocycles. The summed E-state index contributed by atoms with van der Waals surface area (Å²) >= 11 is 3.30. The van der Waals surface area contributed by atoms with Gasteiger partial charge in [-0.2, -0.15) is 0 Å². The van der Waals surface area contributed by atoms with E-state index in [1.54, 1.807) is 0 Å². The molecule has 1 fully saturated rings. The second-order valence-corrected chi connectivity index (χ2v) is 6.73. The average molecular weight is 344 g/mol. The maximum atomic E-state index is 13.4. The summed E-state index contributed by atoms with van der Waals surface area (Å²) in [7, 11) is 0. The Hall–Kier alpha value is -0.610. The number of benzene rings is 1. The molecular formula is C16H23BrFNO. The number of hydrogen-bond donors (Lipinski definition) is 1. The van der Waals surface area contributed by atoms with Gasteiger partial charge >= 0.3 is 0 Å². The lowest BCUT2D eigenvalue weighted by Crippen LogP contribution is -2.63. The molecule has 20 heavy (non-hydrogen) atoms. The van der Waals surface area contributed by atoms with Crippen LogP contribution in [0.1, 0.15) is 40.0 Å². The average Bonchev–Trinajstić information content (AvgIpc) is 2.40. The molecule has 3 unspecified atom stereocenters. The number of halogens is 2. The molecule has 0 bridgehead atoms. The first-order valence-corrected chi connectivity index (χ1v) is 8.15. The summed E-state index contributed by atoms with van der Waals surface area (Å²) in [4.78, 5) is 0. The van der Waals surface area contributed by atoms with Gasteiger partial charge < -0.3 is 10.1 Å². The molecule has 1 aromatic rings. The van der Waals surface area contributed by atoms with Gasteiger partial charge in [0.2, 0.25) is 0 Å². The molecule has 0 aromatic heterocycles. The normalized spacial score (nSPS) is 29.1. The Balaban J connectivity index is 2.03. The van der Waals surface area contributed by atoms with Crippen molar-refractivity contribution in [3.63, 3.8) is 0 Å². The Morgan fingerprint density at radius 1 is 1.40 bits per heavy atom. The summed E-state index contributed by atoms with van der Waals surface area (Å²) in [6, 6.07) is 5.21. The summed E-state index contributed by atoms with van der Waals surface area (Å²) in [5, 5.41) is 3.59. The lowest BCUT2D eigenvalue weighted by atomic mass is 9.61. The van der Waals surface area contributed by atoms with E-state index in [1.165, 1.54) is 12.1 Å². The van der Waals surface area contributed by atoms with Crippen molar-refractivity contribution in [2.45, 2.75) is 52.2 Å². The zero-order valence-electron chi connectivity index (χ0n) is 12.4. The molecule has 2 nitrogen and oxygen atoms in total. The molecule has 3 atom stereocenters. The first-order chi connectivity index (χ1) is 9.49. The topological polar surface area (TPSA) is 21.3 Å². The molecule has 0 saturated heterocycles. The zero-order valence-corrected chi connectivity index (χ0v) is 14.0. The van der Waals surface area contributed by atoms with Crippen LogP contribution in [0.4, 0.5) is 4.39 Å². The minimum absolute atomic E-state index is 0.119. The van der Waals surface area contributed by atoms with Crippen molar-refractivity contribution < 1.29 is 9.13 Å². The monoisotopic (exact) mass is 343 g/mol. The number of rotatable bonds is 6. The Morgan fingerprint density at radius 3 is 2.75 bits per heavy atom. The zero-order chi connectivity index (χ0) is 14.8. The van der Waals surface area contributed by atoms with Crippen molar-refractivity contribution in [3.05, 3.63) is 28.5 Å². The van der Waals surface area contributed by atoms with E-state index >= 15 is 0 Å². The highest BCUT2D eigenvalue weighted by atomic mass is 79.9. The molecule has 2 rings (SSSR count). The van der Waals surface area contributed by atoms with Crippen molar-refractivity contribution in [3.8, 4) is 5.75 Å². The van der Waals surface area contributed by atoms with Gasteiger partial charge in [0.05, 0.1) is 0 Å². The van der Waals surface area contributed by atoms with Crippen molar-refractivity contribution in [1.82, 2.24) is 5.32 Å². The van der Waals surface area contributed by atoms with Crippen LogP contribution in [0.15, 0.2) is 22.7 Å². The van der Waals surface area contributed by atoms with Crippen LogP contribution in [0.25, 0.3) is 0 Å². The van der Waals surface area contributed by atoms with Crippen LogP contribution in [-0.4, -0.2) is 18.7 Å². The van der Waals surface area contributed by atoms with Crippen molar-refractivity contribution in [1.29, 1.82) is 0 Å². The first-order valence-electron chi connectivity index (χ1n) is 7.35. The van der Waals surface area contributed by atoms with E-state index in [2.05, 4.69) is 42.0 Å². The third-order valence-electron chi connectivity index (χ3n) is 4.50. The summed E-state index contributed by atoms with van der Waals surface area (Å²) in [6.07, 6.45) is 3.32. The third kappa shape index (κ3) is 3.17. The first kappa shape index (κ1) is 15.8. The van der Waals surface area contributed by atoms with Crippen molar-refractivity contribution in [2.75, 3.05) is 6.54 Å². The second kappa shape index (κ2) is 6.44. The van der Waals surface area contributed by atoms with Gasteiger partial charge in [-0.05, 0) is 31.5 Å². The van der Waals surface area contributed by atoms with Gasteiger partial charge in [-0.25, -0.2) is 4.39 Å². The molecule has 4 heteroatoms. The van der Waals surface area contributed by atoms with Crippen LogP contribution in [-0.2, 0) is 0 Å². The van der Waals surface area contributed by atoms with Crippen LogP contribution in [0, 0.1) is 11.2 Å². The molecule has 0 radical (unpaired) electrons. The molecule has 0 aliphatic heterocycles. The van der Waals surface area contributed by atoms with Gasteiger partial charge in [-0.15, -0.1) is 0 Å². The fourth-order valence-electron chi connectivity index (χ4n) is 2.87. The largest absolute Gasteiger partial charge is 0.490 e. The number of hydrogen-bond acceptors (Lipinski definition) is 2. The fraction of sp³-hybridized carbons (Fsp3) is 0.625. The second-order valence-electron chi connectivity index (χ2n) is 5.81. The number of ether oxygens (including phenoxy) is 1. The van der Waals surface area contributed by atoms with E-state index < -0.39 is 0 Å². The van der Waals surface area contributed by atoms with Crippen molar-refractivity contribution in [2.24, 2.45) is 5.41 Å². The molecule has 1 aromatic carbocycles. The standard InChI is InChI=1S/C16H23BrFNO/c1-4-6-19-14-10-15(16(14,3)5-2)20-13-8-11(17)7-12(18)9-13/h7-9,14-15,19H,4-6,10H2,1-3H3. The molecule has 1 saturated carbocycles. The van der Waals surface area contributed by atoms with E-state index in [0.29, 0.717) is 16.3 Å². The lowest BCUT2D eigenvalue weighted by Gasteiger charge is -2.53. The summed E-state index contributed by atoms with van der Waals surface area (Å²) in [6.45, 7) is 7.66. The smallest absolute Gasteiger partial charge is 0.128 e. The van der Waals surface area contributed by atoms with E-state index in [4.69, 9.17) is 4.74 Å². The number of nitrogens with one attached hydrogen (secondary N) is 1. The molecule has 0 spiro atoms. The minimum atomic E-state index is -0.271. The molecule has 112 valence electrons. The Morgan fingerprint density at radius 2 is 2.15 bits per heavy atom.